The molecule has 0 saturated carbocycles. The minimum atomic E-state index is -4.56. The summed E-state index contributed by atoms with van der Waals surface area (Å²) in [7, 11) is 0. The van der Waals surface area contributed by atoms with Gasteiger partial charge < -0.3 is 9.42 Å². The fourth-order valence-electron chi connectivity index (χ4n) is 4.30. The highest BCUT2D eigenvalue weighted by Crippen LogP contribution is 2.38. The molecule has 1 amide bonds. The lowest BCUT2D eigenvalue weighted by molar-refractivity contribution is -0.137. The number of hydrogen-bond donors (Lipinski definition) is 0. The Hall–Kier alpha value is -4.02. The van der Waals surface area contributed by atoms with Crippen molar-refractivity contribution in [3.63, 3.8) is 0 Å². The number of likely N-dealkylation sites (tertiary alicyclic amines) is 1. The minimum Gasteiger partial charge on any atom is -0.337 e. The van der Waals surface area contributed by atoms with Gasteiger partial charge >= 0.3 is 6.18 Å². The van der Waals surface area contributed by atoms with E-state index in [1.807, 2.05) is 19.9 Å². The lowest BCUT2D eigenvalue weighted by Crippen LogP contribution is -2.32. The van der Waals surface area contributed by atoms with Crippen LogP contribution in [0.3, 0.4) is 0 Å². The Morgan fingerprint density at radius 3 is 2.54 bits per heavy atom. The third-order valence-electron chi connectivity index (χ3n) is 6.19. The molecule has 4 aromatic rings. The zero-order chi connectivity index (χ0) is 24.7. The van der Waals surface area contributed by atoms with Gasteiger partial charge in [0.25, 0.3) is 5.91 Å². The number of halogens is 3. The Kier molecular flexibility index (Phi) is 5.62. The summed E-state index contributed by atoms with van der Waals surface area (Å²) in [6.45, 7) is 4.30. The van der Waals surface area contributed by atoms with Gasteiger partial charge in [0.05, 0.1) is 29.2 Å². The first-order chi connectivity index (χ1) is 16.7. The van der Waals surface area contributed by atoms with Crippen LogP contribution in [0.15, 0.2) is 53.3 Å². The molecular weight excluding hydrogens is 461 g/mol. The highest BCUT2D eigenvalue weighted by Gasteiger charge is 2.38. The summed E-state index contributed by atoms with van der Waals surface area (Å²) in [6.07, 6.45) is -0.267. The first-order valence-electron chi connectivity index (χ1n) is 11.0. The minimum absolute atomic E-state index is 0.102. The average molecular weight is 482 g/mol. The van der Waals surface area contributed by atoms with Gasteiger partial charge in [0.2, 0.25) is 11.7 Å². The van der Waals surface area contributed by atoms with Gasteiger partial charge in [-0.2, -0.15) is 33.1 Å². The Morgan fingerprint density at radius 1 is 1.09 bits per heavy atom. The van der Waals surface area contributed by atoms with Crippen LogP contribution in [0.4, 0.5) is 13.2 Å². The number of rotatable bonds is 4. The summed E-state index contributed by atoms with van der Waals surface area (Å²) in [6, 6.07) is 8.16. The normalized spacial score (nSPS) is 16.1. The third kappa shape index (κ3) is 4.17. The molecule has 5 rings (SSSR count). The van der Waals surface area contributed by atoms with E-state index in [0.29, 0.717) is 30.6 Å². The number of alkyl halides is 3. The molecule has 0 spiro atoms. The summed E-state index contributed by atoms with van der Waals surface area (Å²) < 4.78 is 45.8. The summed E-state index contributed by atoms with van der Waals surface area (Å²) >= 11 is 0. The van der Waals surface area contributed by atoms with Crippen LogP contribution in [-0.4, -0.2) is 42.5 Å². The van der Waals surface area contributed by atoms with E-state index in [1.165, 1.54) is 35.4 Å². The number of carbonyl (C=O) groups excluding carboxylic acids is 1. The average Bonchev–Trinajstić information content (AvgIpc) is 3.60. The fourth-order valence-corrected chi connectivity index (χ4v) is 4.30. The van der Waals surface area contributed by atoms with E-state index in [9.17, 15) is 18.0 Å². The number of hydrogen-bond acceptors (Lipinski definition) is 6. The Morgan fingerprint density at radius 2 is 1.80 bits per heavy atom. The van der Waals surface area contributed by atoms with Gasteiger partial charge in [-0.3, -0.25) is 4.79 Å². The molecule has 1 unspecified atom stereocenters. The molecule has 3 heterocycles. The lowest BCUT2D eigenvalue weighted by atomic mass is 10.0. The van der Waals surface area contributed by atoms with Gasteiger partial charge in [-0.05, 0) is 56.0 Å². The number of carbonyl (C=O) groups is 1. The van der Waals surface area contributed by atoms with Crippen LogP contribution in [0, 0.1) is 13.8 Å². The largest absolute Gasteiger partial charge is 0.417 e. The van der Waals surface area contributed by atoms with Crippen molar-refractivity contribution in [3.8, 4) is 17.1 Å². The number of aromatic nitrogens is 5. The quantitative estimate of drug-likeness (QED) is 0.410. The van der Waals surface area contributed by atoms with Gasteiger partial charge in [-0.1, -0.05) is 23.4 Å². The molecule has 11 heteroatoms. The first-order valence-corrected chi connectivity index (χ1v) is 11.0. The summed E-state index contributed by atoms with van der Waals surface area (Å²) in [5, 5.41) is 12.1. The Bertz CT molecular complexity index is 1380. The third-order valence-corrected chi connectivity index (χ3v) is 6.19. The van der Waals surface area contributed by atoms with Crippen molar-refractivity contribution < 1.29 is 22.5 Å². The molecule has 0 radical (unpaired) electrons. The maximum Gasteiger partial charge on any atom is 0.417 e. The predicted octanol–water partition coefficient (Wildman–Crippen LogP) is 4.93. The predicted molar refractivity (Wildman–Crippen MR) is 119 cm³/mol. The highest BCUT2D eigenvalue weighted by atomic mass is 19.4. The zero-order valence-corrected chi connectivity index (χ0v) is 19.0. The molecule has 1 aliphatic heterocycles. The summed E-state index contributed by atoms with van der Waals surface area (Å²) in [5.41, 5.74) is 1.85. The van der Waals surface area contributed by atoms with Crippen LogP contribution in [0.5, 0.6) is 0 Å². The smallest absolute Gasteiger partial charge is 0.337 e. The van der Waals surface area contributed by atoms with E-state index in [-0.39, 0.29) is 23.2 Å². The molecular formula is C24H21F3N6O2. The number of nitrogens with zero attached hydrogens (tertiary/aromatic N) is 6. The molecule has 1 fully saturated rings. The van der Waals surface area contributed by atoms with Crippen LogP contribution >= 0.6 is 0 Å². The number of aryl methyl sites for hydroxylation is 2. The standard InChI is InChI=1S/C24H21F3N6O2/c1-14-12-17(20(13-15(14)2)33-28-9-10-29-33)23(34)32-11-5-8-19(32)22-30-21(31-35-22)16-6-3-4-7-18(16)24(25,26)27/h3-4,6-7,9-10,12-13,19H,5,8,11H2,1-2H3. The van der Waals surface area contributed by atoms with Crippen molar-refractivity contribution in [1.29, 1.82) is 0 Å². The molecule has 0 aliphatic carbocycles. The van der Waals surface area contributed by atoms with Gasteiger partial charge in [-0.15, -0.1) is 0 Å². The second kappa shape index (κ2) is 8.64. The summed E-state index contributed by atoms with van der Waals surface area (Å²) in [4.78, 5) is 21.0. The van der Waals surface area contributed by atoms with E-state index in [2.05, 4.69) is 20.3 Å². The maximum atomic E-state index is 13.7. The van der Waals surface area contributed by atoms with Crippen LogP contribution in [0.2, 0.25) is 0 Å². The van der Waals surface area contributed by atoms with Crippen molar-refractivity contribution in [2.75, 3.05) is 6.54 Å². The molecule has 180 valence electrons. The van der Waals surface area contributed by atoms with E-state index < -0.39 is 17.8 Å². The molecule has 1 atom stereocenters. The van der Waals surface area contributed by atoms with Gasteiger partial charge in [-0.25, -0.2) is 0 Å². The molecule has 1 saturated heterocycles. The van der Waals surface area contributed by atoms with Crippen molar-refractivity contribution in [2.45, 2.75) is 38.9 Å². The van der Waals surface area contributed by atoms with Crippen molar-refractivity contribution in [3.05, 3.63) is 76.9 Å². The molecule has 1 aliphatic rings. The molecule has 2 aromatic heterocycles. The second-order valence-electron chi connectivity index (χ2n) is 8.43. The van der Waals surface area contributed by atoms with Crippen LogP contribution in [0.1, 0.15) is 51.8 Å². The molecule has 0 N–H and O–H groups in total. The molecule has 0 bridgehead atoms. The fraction of sp³-hybridized carbons (Fsp3) is 0.292. The van der Waals surface area contributed by atoms with Crippen LogP contribution < -0.4 is 0 Å². The van der Waals surface area contributed by atoms with Crippen molar-refractivity contribution in [1.82, 2.24) is 30.0 Å². The first kappa shape index (κ1) is 22.8. The second-order valence-corrected chi connectivity index (χ2v) is 8.43. The topological polar surface area (TPSA) is 89.9 Å². The maximum absolute atomic E-state index is 13.7. The van der Waals surface area contributed by atoms with Crippen molar-refractivity contribution in [2.24, 2.45) is 0 Å². The summed E-state index contributed by atoms with van der Waals surface area (Å²) in [5.74, 6) is -0.330. The molecule has 2 aromatic carbocycles. The van der Waals surface area contributed by atoms with E-state index >= 15 is 0 Å². The molecule has 35 heavy (non-hydrogen) atoms. The van der Waals surface area contributed by atoms with Crippen LogP contribution in [-0.2, 0) is 6.18 Å². The van der Waals surface area contributed by atoms with Gasteiger partial charge in [0.1, 0.15) is 6.04 Å². The van der Waals surface area contributed by atoms with E-state index in [0.717, 1.165) is 17.2 Å². The monoisotopic (exact) mass is 482 g/mol. The van der Waals surface area contributed by atoms with Gasteiger partial charge in [0.15, 0.2) is 0 Å². The zero-order valence-electron chi connectivity index (χ0n) is 19.0. The highest BCUT2D eigenvalue weighted by molar-refractivity contribution is 5.98. The Balaban J connectivity index is 1.49. The number of amides is 1. The van der Waals surface area contributed by atoms with Gasteiger partial charge in [0, 0.05) is 12.1 Å². The lowest BCUT2D eigenvalue weighted by Gasteiger charge is -2.23. The molecule has 8 nitrogen and oxygen atoms in total. The SMILES string of the molecule is Cc1cc(C(=O)N2CCCC2c2nc(-c3ccccc3C(F)(F)F)no2)c(-n2nccn2)cc1C. The van der Waals surface area contributed by atoms with Crippen LogP contribution in [0.25, 0.3) is 17.1 Å². The van der Waals surface area contributed by atoms with E-state index in [4.69, 9.17) is 4.52 Å². The Labute approximate surface area is 198 Å². The number of benzene rings is 2. The van der Waals surface area contributed by atoms with E-state index in [1.54, 1.807) is 11.0 Å². The van der Waals surface area contributed by atoms with Crippen molar-refractivity contribution >= 4 is 5.91 Å².